The van der Waals surface area contributed by atoms with Crippen LogP contribution in [0.4, 0.5) is 0 Å². The molecule has 0 aliphatic carbocycles. The number of hydrogen-bond acceptors (Lipinski definition) is 4. The molecule has 1 rings (SSSR count). The molecule has 4 heteroatoms. The number of carbonyl (C=O) groups is 1. The second-order valence-electron chi connectivity index (χ2n) is 3.91. The highest BCUT2D eigenvalue weighted by Crippen LogP contribution is 2.15. The number of rotatable bonds is 5. The summed E-state index contributed by atoms with van der Waals surface area (Å²) in [5.74, 6) is -0.233. The van der Waals surface area contributed by atoms with Crippen LogP contribution in [0, 0.1) is 0 Å². The van der Waals surface area contributed by atoms with E-state index in [4.69, 9.17) is 0 Å². The summed E-state index contributed by atoms with van der Waals surface area (Å²) in [4.78, 5) is 15.5. The number of nitrogens with zero attached hydrogens (tertiary/aromatic N) is 1. The highest BCUT2D eigenvalue weighted by atomic mass is 16.5. The molecule has 0 spiro atoms. The van der Waals surface area contributed by atoms with Crippen molar-refractivity contribution in [1.82, 2.24) is 10.3 Å². The Morgan fingerprint density at radius 3 is 2.75 bits per heavy atom. The van der Waals surface area contributed by atoms with Crippen molar-refractivity contribution in [3.8, 4) is 0 Å². The third kappa shape index (κ3) is 3.98. The maximum Gasteiger partial charge on any atom is 0.307 e. The standard InChI is InChI=1S/C12H18N2O2/c1-9(2)14-11(8-12(15)16-3)10-6-4-5-7-13-10/h4-7,9,11,14H,8H2,1-3H3. The van der Waals surface area contributed by atoms with Crippen molar-refractivity contribution in [1.29, 1.82) is 0 Å². The molecule has 0 radical (unpaired) electrons. The molecular weight excluding hydrogens is 204 g/mol. The number of esters is 1. The van der Waals surface area contributed by atoms with Crippen LogP contribution in [0.3, 0.4) is 0 Å². The maximum absolute atomic E-state index is 11.3. The van der Waals surface area contributed by atoms with Crippen LogP contribution in [-0.4, -0.2) is 24.1 Å². The van der Waals surface area contributed by atoms with E-state index in [0.717, 1.165) is 5.69 Å². The van der Waals surface area contributed by atoms with E-state index in [0.29, 0.717) is 6.42 Å². The fourth-order valence-corrected chi connectivity index (χ4v) is 1.48. The topological polar surface area (TPSA) is 51.2 Å². The lowest BCUT2D eigenvalue weighted by molar-refractivity contribution is -0.141. The van der Waals surface area contributed by atoms with E-state index in [1.54, 1.807) is 6.20 Å². The van der Waals surface area contributed by atoms with Crippen LogP contribution in [0.15, 0.2) is 24.4 Å². The Labute approximate surface area is 96.0 Å². The fraction of sp³-hybridized carbons (Fsp3) is 0.500. The summed E-state index contributed by atoms with van der Waals surface area (Å²) >= 11 is 0. The van der Waals surface area contributed by atoms with Crippen LogP contribution in [-0.2, 0) is 9.53 Å². The minimum Gasteiger partial charge on any atom is -0.469 e. The summed E-state index contributed by atoms with van der Waals surface area (Å²) in [5.41, 5.74) is 0.863. The van der Waals surface area contributed by atoms with Crippen molar-refractivity contribution in [2.45, 2.75) is 32.4 Å². The lowest BCUT2D eigenvalue weighted by atomic mass is 10.1. The second-order valence-corrected chi connectivity index (χ2v) is 3.91. The normalized spacial score (nSPS) is 12.5. The second kappa shape index (κ2) is 6.23. The number of methoxy groups -OCH3 is 1. The zero-order valence-electron chi connectivity index (χ0n) is 9.93. The van der Waals surface area contributed by atoms with Crippen molar-refractivity contribution in [2.24, 2.45) is 0 Å². The van der Waals surface area contributed by atoms with Gasteiger partial charge in [0.05, 0.1) is 25.3 Å². The molecule has 0 bridgehead atoms. The first-order valence-electron chi connectivity index (χ1n) is 5.37. The molecule has 1 aromatic rings. The Balaban J connectivity index is 2.75. The SMILES string of the molecule is COC(=O)CC(NC(C)C)c1ccccn1. The number of nitrogens with one attached hydrogen (secondary N) is 1. The van der Waals surface area contributed by atoms with Crippen molar-refractivity contribution < 1.29 is 9.53 Å². The van der Waals surface area contributed by atoms with Gasteiger partial charge in [-0.15, -0.1) is 0 Å². The summed E-state index contributed by atoms with van der Waals surface area (Å²) in [6.45, 7) is 4.07. The minimum absolute atomic E-state index is 0.0892. The third-order valence-electron chi connectivity index (χ3n) is 2.18. The van der Waals surface area contributed by atoms with E-state index in [9.17, 15) is 4.79 Å². The Morgan fingerprint density at radius 1 is 1.50 bits per heavy atom. The number of carbonyl (C=O) groups excluding carboxylic acids is 1. The molecule has 4 nitrogen and oxygen atoms in total. The first kappa shape index (κ1) is 12.6. The third-order valence-corrected chi connectivity index (χ3v) is 2.18. The molecule has 0 aliphatic rings. The molecule has 1 unspecified atom stereocenters. The van der Waals surface area contributed by atoms with Crippen LogP contribution in [0.2, 0.25) is 0 Å². The molecule has 1 N–H and O–H groups in total. The van der Waals surface area contributed by atoms with Gasteiger partial charge < -0.3 is 10.1 Å². The molecule has 1 aromatic heterocycles. The van der Waals surface area contributed by atoms with Crippen LogP contribution in [0.1, 0.15) is 32.0 Å². The number of pyridine rings is 1. The number of ether oxygens (including phenoxy) is 1. The fourth-order valence-electron chi connectivity index (χ4n) is 1.48. The van der Waals surface area contributed by atoms with E-state index >= 15 is 0 Å². The molecule has 1 heterocycles. The van der Waals surface area contributed by atoms with Crippen LogP contribution < -0.4 is 5.32 Å². The average molecular weight is 222 g/mol. The molecular formula is C12H18N2O2. The van der Waals surface area contributed by atoms with Gasteiger partial charge in [0, 0.05) is 12.2 Å². The van der Waals surface area contributed by atoms with Gasteiger partial charge in [-0.25, -0.2) is 0 Å². The maximum atomic E-state index is 11.3. The predicted molar refractivity (Wildman–Crippen MR) is 61.9 cm³/mol. The van der Waals surface area contributed by atoms with Gasteiger partial charge in [0.1, 0.15) is 0 Å². The predicted octanol–water partition coefficient (Wildman–Crippen LogP) is 1.68. The van der Waals surface area contributed by atoms with Crippen LogP contribution in [0.25, 0.3) is 0 Å². The lowest BCUT2D eigenvalue weighted by Gasteiger charge is -2.19. The quantitative estimate of drug-likeness (QED) is 0.770. The summed E-state index contributed by atoms with van der Waals surface area (Å²) < 4.78 is 4.68. The monoisotopic (exact) mass is 222 g/mol. The van der Waals surface area contributed by atoms with E-state index in [1.807, 2.05) is 32.0 Å². The average Bonchev–Trinajstić information content (AvgIpc) is 2.28. The van der Waals surface area contributed by atoms with Gasteiger partial charge in [0.2, 0.25) is 0 Å². The highest BCUT2D eigenvalue weighted by Gasteiger charge is 2.17. The Hall–Kier alpha value is -1.42. The summed E-state index contributed by atoms with van der Waals surface area (Å²) in [7, 11) is 1.40. The molecule has 0 aromatic carbocycles. The van der Waals surface area contributed by atoms with Crippen molar-refractivity contribution in [2.75, 3.05) is 7.11 Å². The van der Waals surface area contributed by atoms with Crippen LogP contribution in [0.5, 0.6) is 0 Å². The zero-order chi connectivity index (χ0) is 12.0. The lowest BCUT2D eigenvalue weighted by Crippen LogP contribution is -2.30. The Morgan fingerprint density at radius 2 is 2.25 bits per heavy atom. The molecule has 16 heavy (non-hydrogen) atoms. The first-order valence-corrected chi connectivity index (χ1v) is 5.37. The molecule has 0 saturated heterocycles. The van der Waals surface area contributed by atoms with E-state index in [1.165, 1.54) is 7.11 Å². The van der Waals surface area contributed by atoms with Crippen molar-refractivity contribution >= 4 is 5.97 Å². The van der Waals surface area contributed by atoms with Gasteiger partial charge in [-0.05, 0) is 12.1 Å². The Bertz CT molecular complexity index is 325. The van der Waals surface area contributed by atoms with Crippen molar-refractivity contribution in [3.63, 3.8) is 0 Å². The molecule has 0 amide bonds. The molecule has 0 saturated carbocycles. The first-order chi connectivity index (χ1) is 7.63. The summed E-state index contributed by atoms with van der Waals surface area (Å²) in [6.07, 6.45) is 2.02. The summed E-state index contributed by atoms with van der Waals surface area (Å²) in [5, 5.41) is 3.30. The van der Waals surface area contributed by atoms with Crippen molar-refractivity contribution in [3.05, 3.63) is 30.1 Å². The molecule has 0 fully saturated rings. The zero-order valence-corrected chi connectivity index (χ0v) is 9.93. The smallest absolute Gasteiger partial charge is 0.307 e. The van der Waals surface area contributed by atoms with Gasteiger partial charge in [0.25, 0.3) is 0 Å². The van der Waals surface area contributed by atoms with Gasteiger partial charge in [-0.1, -0.05) is 19.9 Å². The Kier molecular flexibility index (Phi) is 4.92. The van der Waals surface area contributed by atoms with Gasteiger partial charge in [0.15, 0.2) is 0 Å². The highest BCUT2D eigenvalue weighted by molar-refractivity contribution is 5.70. The molecule has 1 atom stereocenters. The van der Waals surface area contributed by atoms with E-state index in [-0.39, 0.29) is 18.1 Å². The van der Waals surface area contributed by atoms with E-state index in [2.05, 4.69) is 15.0 Å². The van der Waals surface area contributed by atoms with Gasteiger partial charge in [-0.2, -0.15) is 0 Å². The molecule has 0 aliphatic heterocycles. The largest absolute Gasteiger partial charge is 0.469 e. The van der Waals surface area contributed by atoms with Crippen LogP contribution >= 0.6 is 0 Å². The minimum atomic E-state index is -0.233. The van der Waals surface area contributed by atoms with Gasteiger partial charge >= 0.3 is 5.97 Å². The van der Waals surface area contributed by atoms with Gasteiger partial charge in [-0.3, -0.25) is 9.78 Å². The number of aromatic nitrogens is 1. The summed E-state index contributed by atoms with van der Waals surface area (Å²) in [6, 6.07) is 5.87. The van der Waals surface area contributed by atoms with E-state index < -0.39 is 0 Å². The number of hydrogen-bond donors (Lipinski definition) is 1. The molecule has 88 valence electrons.